The van der Waals surface area contributed by atoms with Crippen molar-refractivity contribution in [1.29, 1.82) is 0 Å². The van der Waals surface area contributed by atoms with Crippen molar-refractivity contribution in [3.05, 3.63) is 51.4 Å². The van der Waals surface area contributed by atoms with E-state index in [4.69, 9.17) is 34.8 Å². The maximum Gasteiger partial charge on any atom is 0.258 e. The van der Waals surface area contributed by atoms with Crippen molar-refractivity contribution in [2.45, 2.75) is 0 Å². The van der Waals surface area contributed by atoms with E-state index in [0.717, 1.165) is 0 Å². The lowest BCUT2D eigenvalue weighted by molar-refractivity contribution is 0.102. The lowest BCUT2D eigenvalue weighted by Gasteiger charge is -2.07. The molecule has 18 heavy (non-hydrogen) atoms. The third kappa shape index (κ3) is 2.72. The average molecular weight is 303 g/mol. The molecule has 1 aromatic carbocycles. The first kappa shape index (κ1) is 13.1. The van der Waals surface area contributed by atoms with E-state index in [2.05, 4.69) is 15.3 Å². The van der Waals surface area contributed by atoms with Crippen molar-refractivity contribution in [2.24, 2.45) is 0 Å². The van der Waals surface area contributed by atoms with Crippen molar-refractivity contribution in [1.82, 2.24) is 9.97 Å². The Bertz CT molecular complexity index is 604. The van der Waals surface area contributed by atoms with Crippen molar-refractivity contribution in [2.75, 3.05) is 5.32 Å². The molecule has 2 rings (SSSR count). The van der Waals surface area contributed by atoms with E-state index in [1.54, 1.807) is 24.3 Å². The Hall–Kier alpha value is -1.36. The third-order valence-corrected chi connectivity index (χ3v) is 3.17. The number of anilines is 1. The first-order valence-corrected chi connectivity index (χ1v) is 5.95. The predicted molar refractivity (Wildman–Crippen MR) is 71.5 cm³/mol. The van der Waals surface area contributed by atoms with Crippen molar-refractivity contribution in [3.8, 4) is 0 Å². The summed E-state index contributed by atoms with van der Waals surface area (Å²) in [4.78, 5) is 19.5. The van der Waals surface area contributed by atoms with Crippen LogP contribution in [0.1, 0.15) is 10.4 Å². The van der Waals surface area contributed by atoms with Crippen LogP contribution < -0.4 is 5.32 Å². The van der Waals surface area contributed by atoms with Crippen LogP contribution in [-0.4, -0.2) is 15.9 Å². The molecule has 0 unspecified atom stereocenters. The van der Waals surface area contributed by atoms with Gasteiger partial charge in [0.1, 0.15) is 11.3 Å². The Morgan fingerprint density at radius 1 is 1.11 bits per heavy atom. The number of aromatic nitrogens is 2. The van der Waals surface area contributed by atoms with Crippen LogP contribution in [0.2, 0.25) is 15.2 Å². The van der Waals surface area contributed by atoms with Crippen LogP contribution >= 0.6 is 34.8 Å². The quantitative estimate of drug-likeness (QED) is 0.861. The van der Waals surface area contributed by atoms with Crippen molar-refractivity contribution >= 4 is 46.5 Å². The minimum atomic E-state index is -0.419. The Kier molecular flexibility index (Phi) is 4.01. The minimum absolute atomic E-state index is 0.0705. The summed E-state index contributed by atoms with van der Waals surface area (Å²) in [6.45, 7) is 0. The Morgan fingerprint density at radius 2 is 1.83 bits per heavy atom. The van der Waals surface area contributed by atoms with Gasteiger partial charge in [0.2, 0.25) is 0 Å². The zero-order valence-corrected chi connectivity index (χ0v) is 11.1. The second-order valence-corrected chi connectivity index (χ2v) is 4.40. The zero-order chi connectivity index (χ0) is 13.1. The van der Waals surface area contributed by atoms with Gasteiger partial charge in [-0.25, -0.2) is 9.97 Å². The van der Waals surface area contributed by atoms with Crippen LogP contribution in [-0.2, 0) is 0 Å². The second-order valence-electron chi connectivity index (χ2n) is 3.26. The number of carbonyl (C=O) groups excluding carboxylic acids is 1. The second kappa shape index (κ2) is 5.52. The standard InChI is InChI=1S/C11H6Cl3N3O/c12-7-4-2-1-3-6(7)11(18)17-10-8(13)9(14)15-5-16-10/h1-5H,(H,15,16,17,18). The van der Waals surface area contributed by atoms with Gasteiger partial charge in [-0.05, 0) is 12.1 Å². The summed E-state index contributed by atoms with van der Waals surface area (Å²) in [6.07, 6.45) is 1.20. The molecule has 0 aliphatic rings. The highest BCUT2D eigenvalue weighted by atomic mass is 35.5. The molecule has 92 valence electrons. The predicted octanol–water partition coefficient (Wildman–Crippen LogP) is 3.69. The van der Waals surface area contributed by atoms with Crippen LogP contribution in [0.4, 0.5) is 5.82 Å². The zero-order valence-electron chi connectivity index (χ0n) is 8.82. The minimum Gasteiger partial charge on any atom is -0.305 e. The largest absolute Gasteiger partial charge is 0.305 e. The van der Waals surface area contributed by atoms with E-state index >= 15 is 0 Å². The van der Waals surface area contributed by atoms with Crippen molar-refractivity contribution < 1.29 is 4.79 Å². The number of hydrogen-bond donors (Lipinski definition) is 1. The Morgan fingerprint density at radius 3 is 2.56 bits per heavy atom. The smallest absolute Gasteiger partial charge is 0.258 e. The molecule has 0 bridgehead atoms. The maximum absolute atomic E-state index is 11.9. The van der Waals surface area contributed by atoms with E-state index in [-0.39, 0.29) is 16.0 Å². The molecule has 0 spiro atoms. The third-order valence-electron chi connectivity index (χ3n) is 2.10. The van der Waals surface area contributed by atoms with Gasteiger partial charge in [-0.1, -0.05) is 46.9 Å². The molecule has 0 aliphatic carbocycles. The molecule has 1 amide bonds. The van der Waals surface area contributed by atoms with E-state index in [9.17, 15) is 4.79 Å². The lowest BCUT2D eigenvalue weighted by atomic mass is 10.2. The fourth-order valence-corrected chi connectivity index (χ4v) is 1.76. The maximum atomic E-state index is 11.9. The number of rotatable bonds is 2. The highest BCUT2D eigenvalue weighted by Crippen LogP contribution is 2.26. The van der Waals surface area contributed by atoms with Crippen LogP contribution in [0.25, 0.3) is 0 Å². The van der Waals surface area contributed by atoms with Gasteiger partial charge >= 0.3 is 0 Å². The van der Waals surface area contributed by atoms with Gasteiger partial charge in [-0.3, -0.25) is 4.79 Å². The van der Waals surface area contributed by atoms with Crippen LogP contribution in [0, 0.1) is 0 Å². The molecule has 0 saturated carbocycles. The number of nitrogens with one attached hydrogen (secondary N) is 1. The average Bonchev–Trinajstić information content (AvgIpc) is 2.35. The van der Waals surface area contributed by atoms with Crippen LogP contribution in [0.3, 0.4) is 0 Å². The molecule has 0 fully saturated rings. The number of halogens is 3. The number of benzene rings is 1. The Balaban J connectivity index is 2.27. The normalized spacial score (nSPS) is 10.2. The summed E-state index contributed by atoms with van der Waals surface area (Å²) in [7, 11) is 0. The number of nitrogens with zero attached hydrogens (tertiary/aromatic N) is 2. The fourth-order valence-electron chi connectivity index (χ4n) is 1.26. The van der Waals surface area contributed by atoms with Crippen LogP contribution in [0.5, 0.6) is 0 Å². The topological polar surface area (TPSA) is 54.9 Å². The molecule has 0 saturated heterocycles. The molecule has 2 aromatic rings. The summed E-state index contributed by atoms with van der Waals surface area (Å²) >= 11 is 17.5. The lowest BCUT2D eigenvalue weighted by Crippen LogP contribution is -2.14. The number of carbonyl (C=O) groups is 1. The molecule has 0 aliphatic heterocycles. The first-order valence-electron chi connectivity index (χ1n) is 4.81. The molecular formula is C11H6Cl3N3O. The number of amides is 1. The van der Waals surface area contributed by atoms with Gasteiger partial charge in [0, 0.05) is 0 Å². The first-order chi connectivity index (χ1) is 8.59. The van der Waals surface area contributed by atoms with E-state index in [0.29, 0.717) is 10.6 Å². The summed E-state index contributed by atoms with van der Waals surface area (Å²) in [5.74, 6) is -0.279. The summed E-state index contributed by atoms with van der Waals surface area (Å²) in [5.41, 5.74) is 0.324. The van der Waals surface area contributed by atoms with E-state index in [1.807, 2.05) is 0 Å². The highest BCUT2D eigenvalue weighted by Gasteiger charge is 2.14. The van der Waals surface area contributed by atoms with Gasteiger partial charge in [0.05, 0.1) is 10.6 Å². The van der Waals surface area contributed by atoms with Gasteiger partial charge in [-0.15, -0.1) is 0 Å². The van der Waals surface area contributed by atoms with Gasteiger partial charge in [-0.2, -0.15) is 0 Å². The number of hydrogen-bond acceptors (Lipinski definition) is 3. The van der Waals surface area contributed by atoms with E-state index in [1.165, 1.54) is 6.33 Å². The summed E-state index contributed by atoms with van der Waals surface area (Å²) in [5, 5.41) is 3.01. The molecule has 0 atom stereocenters. The molecule has 1 heterocycles. The van der Waals surface area contributed by atoms with Crippen molar-refractivity contribution in [3.63, 3.8) is 0 Å². The molecular weight excluding hydrogens is 296 g/mol. The molecule has 4 nitrogen and oxygen atoms in total. The molecule has 0 radical (unpaired) electrons. The van der Waals surface area contributed by atoms with Gasteiger partial charge in [0.15, 0.2) is 11.0 Å². The van der Waals surface area contributed by atoms with Gasteiger partial charge in [0.25, 0.3) is 5.91 Å². The van der Waals surface area contributed by atoms with E-state index < -0.39 is 5.91 Å². The molecule has 7 heteroatoms. The highest BCUT2D eigenvalue weighted by molar-refractivity contribution is 6.43. The summed E-state index contributed by atoms with van der Waals surface area (Å²) in [6, 6.07) is 6.64. The van der Waals surface area contributed by atoms with Crippen LogP contribution in [0.15, 0.2) is 30.6 Å². The van der Waals surface area contributed by atoms with Gasteiger partial charge < -0.3 is 5.32 Å². The molecule has 1 N–H and O–H groups in total. The SMILES string of the molecule is O=C(Nc1ncnc(Cl)c1Cl)c1ccccc1Cl. The Labute approximate surface area is 118 Å². The summed E-state index contributed by atoms with van der Waals surface area (Å²) < 4.78 is 0. The monoisotopic (exact) mass is 301 g/mol. The molecule has 1 aromatic heterocycles. The fraction of sp³-hybridized carbons (Fsp3) is 0.